The van der Waals surface area contributed by atoms with Crippen molar-refractivity contribution in [3.8, 4) is 0 Å². The van der Waals surface area contributed by atoms with Crippen LogP contribution in [-0.4, -0.2) is 49.8 Å². The van der Waals surface area contributed by atoms with Gasteiger partial charge in [-0.1, -0.05) is 0 Å². The zero-order valence-corrected chi connectivity index (χ0v) is 10.7. The average Bonchev–Trinajstić information content (AvgIpc) is 2.63. The minimum absolute atomic E-state index is 0.473. The lowest BCUT2D eigenvalue weighted by atomic mass is 10.0. The van der Waals surface area contributed by atoms with Crippen molar-refractivity contribution in [3.63, 3.8) is 0 Å². The predicted octanol–water partition coefficient (Wildman–Crippen LogP) is 1.49. The van der Waals surface area contributed by atoms with Gasteiger partial charge in [0.2, 0.25) is 0 Å². The topological polar surface area (TPSA) is 24.5 Å². The minimum atomic E-state index is 0.473. The highest BCUT2D eigenvalue weighted by molar-refractivity contribution is 4.78. The molecule has 0 amide bonds. The SMILES string of the molecule is CC1CCN(CC2CCOC2C)CCCN1. The minimum Gasteiger partial charge on any atom is -0.378 e. The molecule has 2 aliphatic rings. The molecule has 0 aromatic carbocycles. The van der Waals surface area contributed by atoms with Crippen molar-refractivity contribution in [2.75, 3.05) is 32.8 Å². The van der Waals surface area contributed by atoms with Crippen LogP contribution >= 0.6 is 0 Å². The van der Waals surface area contributed by atoms with Gasteiger partial charge in [0.25, 0.3) is 0 Å². The fourth-order valence-corrected chi connectivity index (χ4v) is 2.77. The maximum absolute atomic E-state index is 5.65. The number of ether oxygens (including phenoxy) is 1. The first-order valence-electron chi connectivity index (χ1n) is 6.83. The monoisotopic (exact) mass is 226 g/mol. The van der Waals surface area contributed by atoms with Crippen LogP contribution in [0.3, 0.4) is 0 Å². The van der Waals surface area contributed by atoms with Crippen LogP contribution in [0.1, 0.15) is 33.1 Å². The van der Waals surface area contributed by atoms with E-state index < -0.39 is 0 Å². The Labute approximate surface area is 99.5 Å². The summed E-state index contributed by atoms with van der Waals surface area (Å²) in [6.07, 6.45) is 4.29. The van der Waals surface area contributed by atoms with Crippen molar-refractivity contribution in [2.24, 2.45) is 5.92 Å². The Kier molecular flexibility index (Phi) is 4.62. The first-order chi connectivity index (χ1) is 7.75. The summed E-state index contributed by atoms with van der Waals surface area (Å²) in [7, 11) is 0. The van der Waals surface area contributed by atoms with Crippen LogP contribution in [0.4, 0.5) is 0 Å². The third kappa shape index (κ3) is 3.44. The van der Waals surface area contributed by atoms with Crippen molar-refractivity contribution < 1.29 is 4.74 Å². The largest absolute Gasteiger partial charge is 0.378 e. The fraction of sp³-hybridized carbons (Fsp3) is 1.00. The summed E-state index contributed by atoms with van der Waals surface area (Å²) < 4.78 is 5.65. The molecule has 0 aliphatic carbocycles. The Bertz CT molecular complexity index is 210. The molecule has 2 heterocycles. The highest BCUT2D eigenvalue weighted by Crippen LogP contribution is 2.21. The van der Waals surface area contributed by atoms with E-state index in [0.29, 0.717) is 12.1 Å². The van der Waals surface area contributed by atoms with Crippen molar-refractivity contribution >= 4 is 0 Å². The van der Waals surface area contributed by atoms with E-state index >= 15 is 0 Å². The Morgan fingerprint density at radius 2 is 2.12 bits per heavy atom. The van der Waals surface area contributed by atoms with E-state index in [0.717, 1.165) is 12.5 Å². The number of rotatable bonds is 2. The molecule has 2 saturated heterocycles. The van der Waals surface area contributed by atoms with Gasteiger partial charge < -0.3 is 15.0 Å². The standard InChI is InChI=1S/C13H26N2O/c1-11-4-8-15(7-3-6-14-11)10-13-5-9-16-12(13)2/h11-14H,3-10H2,1-2H3. The molecular weight excluding hydrogens is 200 g/mol. The van der Waals surface area contributed by atoms with E-state index in [1.165, 1.54) is 45.4 Å². The van der Waals surface area contributed by atoms with Crippen LogP contribution in [-0.2, 0) is 4.74 Å². The number of nitrogens with one attached hydrogen (secondary N) is 1. The van der Waals surface area contributed by atoms with E-state index in [2.05, 4.69) is 24.1 Å². The maximum atomic E-state index is 5.65. The van der Waals surface area contributed by atoms with Crippen LogP contribution < -0.4 is 5.32 Å². The molecule has 3 atom stereocenters. The summed E-state index contributed by atoms with van der Waals surface area (Å²) in [5.74, 6) is 0.766. The number of hydrogen-bond donors (Lipinski definition) is 1. The lowest BCUT2D eigenvalue weighted by molar-refractivity contribution is 0.0904. The first-order valence-corrected chi connectivity index (χ1v) is 6.83. The van der Waals surface area contributed by atoms with Crippen LogP contribution in [0.25, 0.3) is 0 Å². The van der Waals surface area contributed by atoms with Gasteiger partial charge in [-0.15, -0.1) is 0 Å². The molecule has 2 rings (SSSR count). The Hall–Kier alpha value is -0.120. The summed E-state index contributed by atoms with van der Waals surface area (Å²) in [6.45, 7) is 10.4. The van der Waals surface area contributed by atoms with Crippen molar-refractivity contribution in [1.82, 2.24) is 10.2 Å². The summed E-state index contributed by atoms with van der Waals surface area (Å²) >= 11 is 0. The van der Waals surface area contributed by atoms with Gasteiger partial charge in [0.1, 0.15) is 0 Å². The lowest BCUT2D eigenvalue weighted by Gasteiger charge is -2.30. The molecule has 3 nitrogen and oxygen atoms in total. The van der Waals surface area contributed by atoms with Gasteiger partial charge in [-0.25, -0.2) is 0 Å². The summed E-state index contributed by atoms with van der Waals surface area (Å²) in [5.41, 5.74) is 0. The molecule has 0 spiro atoms. The highest BCUT2D eigenvalue weighted by atomic mass is 16.5. The van der Waals surface area contributed by atoms with Crippen molar-refractivity contribution in [2.45, 2.75) is 45.3 Å². The highest BCUT2D eigenvalue weighted by Gasteiger charge is 2.26. The molecule has 3 unspecified atom stereocenters. The van der Waals surface area contributed by atoms with Crippen LogP contribution in [0.15, 0.2) is 0 Å². The van der Waals surface area contributed by atoms with Crippen LogP contribution in [0.2, 0.25) is 0 Å². The molecule has 0 bridgehead atoms. The second-order valence-electron chi connectivity index (χ2n) is 5.42. The third-order valence-corrected chi connectivity index (χ3v) is 4.05. The van der Waals surface area contributed by atoms with E-state index in [1.54, 1.807) is 0 Å². The molecule has 2 aliphatic heterocycles. The Morgan fingerprint density at radius 1 is 1.25 bits per heavy atom. The van der Waals surface area contributed by atoms with Crippen LogP contribution in [0, 0.1) is 5.92 Å². The lowest BCUT2D eigenvalue weighted by Crippen LogP contribution is -2.41. The Balaban J connectivity index is 1.78. The zero-order valence-electron chi connectivity index (χ0n) is 10.7. The molecule has 0 aromatic rings. The quantitative estimate of drug-likeness (QED) is 0.772. The van der Waals surface area contributed by atoms with E-state index in [1.807, 2.05) is 0 Å². The molecule has 16 heavy (non-hydrogen) atoms. The molecular formula is C13H26N2O. The zero-order chi connectivity index (χ0) is 11.4. The van der Waals surface area contributed by atoms with Gasteiger partial charge in [-0.3, -0.25) is 0 Å². The summed E-state index contributed by atoms with van der Waals surface area (Å²) in [5, 5.41) is 3.56. The normalized spacial score (nSPS) is 38.2. The maximum Gasteiger partial charge on any atom is 0.0588 e. The summed E-state index contributed by atoms with van der Waals surface area (Å²) in [6, 6.07) is 0.681. The van der Waals surface area contributed by atoms with E-state index in [4.69, 9.17) is 4.74 Å². The smallest absolute Gasteiger partial charge is 0.0588 e. The molecule has 94 valence electrons. The van der Waals surface area contributed by atoms with E-state index in [-0.39, 0.29) is 0 Å². The van der Waals surface area contributed by atoms with Gasteiger partial charge in [-0.05, 0) is 58.7 Å². The second kappa shape index (κ2) is 5.99. The van der Waals surface area contributed by atoms with Crippen molar-refractivity contribution in [3.05, 3.63) is 0 Å². The van der Waals surface area contributed by atoms with Gasteiger partial charge in [-0.2, -0.15) is 0 Å². The third-order valence-electron chi connectivity index (χ3n) is 4.05. The fourth-order valence-electron chi connectivity index (χ4n) is 2.77. The second-order valence-corrected chi connectivity index (χ2v) is 5.42. The molecule has 0 saturated carbocycles. The average molecular weight is 226 g/mol. The molecule has 3 heteroatoms. The first kappa shape index (κ1) is 12.3. The molecule has 1 N–H and O–H groups in total. The number of nitrogens with zero attached hydrogens (tertiary/aromatic N) is 1. The van der Waals surface area contributed by atoms with Gasteiger partial charge in [0.15, 0.2) is 0 Å². The van der Waals surface area contributed by atoms with Gasteiger partial charge >= 0.3 is 0 Å². The molecule has 0 aromatic heterocycles. The van der Waals surface area contributed by atoms with Gasteiger partial charge in [0, 0.05) is 19.2 Å². The van der Waals surface area contributed by atoms with Gasteiger partial charge in [0.05, 0.1) is 6.10 Å². The number of hydrogen-bond acceptors (Lipinski definition) is 3. The van der Waals surface area contributed by atoms with Crippen molar-refractivity contribution in [1.29, 1.82) is 0 Å². The van der Waals surface area contributed by atoms with Crippen LogP contribution in [0.5, 0.6) is 0 Å². The molecule has 2 fully saturated rings. The Morgan fingerprint density at radius 3 is 2.88 bits per heavy atom. The summed E-state index contributed by atoms with van der Waals surface area (Å²) in [4.78, 5) is 2.65. The predicted molar refractivity (Wildman–Crippen MR) is 66.7 cm³/mol. The molecule has 0 radical (unpaired) electrons. The van der Waals surface area contributed by atoms with E-state index in [9.17, 15) is 0 Å².